The summed E-state index contributed by atoms with van der Waals surface area (Å²) in [4.78, 5) is 19.2. The van der Waals surface area contributed by atoms with Crippen LogP contribution in [0.2, 0.25) is 0 Å². The first-order valence-corrected chi connectivity index (χ1v) is 11.1. The van der Waals surface area contributed by atoms with Gasteiger partial charge in [0.1, 0.15) is 0 Å². The van der Waals surface area contributed by atoms with Crippen LogP contribution in [0.3, 0.4) is 0 Å². The van der Waals surface area contributed by atoms with Gasteiger partial charge in [0.15, 0.2) is 5.96 Å². The molecular weight excluding hydrogens is 489 g/mol. The van der Waals surface area contributed by atoms with Crippen molar-refractivity contribution in [3.05, 3.63) is 35.4 Å². The molecule has 1 aromatic rings. The number of halogens is 1. The molecule has 0 bridgehead atoms. The average molecular weight is 530 g/mol. The second-order valence-electron chi connectivity index (χ2n) is 8.07. The van der Waals surface area contributed by atoms with Gasteiger partial charge in [-0.1, -0.05) is 25.5 Å². The molecule has 0 aliphatic carbocycles. The number of rotatable bonds is 9. The van der Waals surface area contributed by atoms with E-state index >= 15 is 0 Å². The summed E-state index contributed by atoms with van der Waals surface area (Å²) < 4.78 is 0. The zero-order chi connectivity index (χ0) is 21.1. The molecule has 1 aliphatic rings. The highest BCUT2D eigenvalue weighted by Gasteiger charge is 2.17. The number of hydrogen-bond acceptors (Lipinski definition) is 3. The van der Waals surface area contributed by atoms with Crippen LogP contribution in [-0.4, -0.2) is 55.5 Å². The molecule has 170 valence electrons. The van der Waals surface area contributed by atoms with Gasteiger partial charge in [-0.3, -0.25) is 9.79 Å². The molecule has 30 heavy (non-hydrogen) atoms. The molecule has 0 saturated carbocycles. The molecule has 2 rings (SSSR count). The highest BCUT2D eigenvalue weighted by molar-refractivity contribution is 14.0. The van der Waals surface area contributed by atoms with E-state index < -0.39 is 0 Å². The Kier molecular flexibility index (Phi) is 13.0. The standard InChI is InChI=1S/C23H39N5O.HI/c1-5-18(2)27-22(29)21-12-8-11-20(16-21)17-26-23(24-4)25-13-9-15-28-14-7-6-10-19(28)3;/h8,11-12,16,18-19H,5-7,9-10,13-15,17H2,1-4H3,(H,27,29)(H2,24,25,26);1H. The van der Waals surface area contributed by atoms with E-state index in [0.717, 1.165) is 37.5 Å². The van der Waals surface area contributed by atoms with Crippen molar-refractivity contribution in [2.45, 2.75) is 71.5 Å². The van der Waals surface area contributed by atoms with Crippen LogP contribution in [0, 0.1) is 0 Å². The quantitative estimate of drug-likeness (QED) is 0.197. The number of carbonyl (C=O) groups excluding carboxylic acids is 1. The van der Waals surface area contributed by atoms with Crippen molar-refractivity contribution in [1.82, 2.24) is 20.9 Å². The molecule has 0 aromatic heterocycles. The highest BCUT2D eigenvalue weighted by Crippen LogP contribution is 2.16. The van der Waals surface area contributed by atoms with E-state index in [2.05, 4.69) is 39.7 Å². The van der Waals surface area contributed by atoms with Gasteiger partial charge in [0.25, 0.3) is 5.91 Å². The fourth-order valence-corrected chi connectivity index (χ4v) is 3.62. The molecular formula is C23H40IN5O. The number of guanidine groups is 1. The van der Waals surface area contributed by atoms with Crippen molar-refractivity contribution < 1.29 is 4.79 Å². The SMILES string of the molecule is CCC(C)NC(=O)c1cccc(CNC(=NC)NCCCN2CCCCC2C)c1.I. The number of nitrogens with one attached hydrogen (secondary N) is 3. The third kappa shape index (κ3) is 9.20. The molecule has 1 fully saturated rings. The van der Waals surface area contributed by atoms with Gasteiger partial charge < -0.3 is 20.9 Å². The number of piperidine rings is 1. The first-order chi connectivity index (χ1) is 14.0. The number of nitrogens with zero attached hydrogens (tertiary/aromatic N) is 2. The van der Waals surface area contributed by atoms with Crippen molar-refractivity contribution in [3.63, 3.8) is 0 Å². The van der Waals surface area contributed by atoms with Gasteiger partial charge in [-0.15, -0.1) is 24.0 Å². The third-order valence-corrected chi connectivity index (χ3v) is 5.72. The topological polar surface area (TPSA) is 68.8 Å². The van der Waals surface area contributed by atoms with Crippen molar-refractivity contribution in [1.29, 1.82) is 0 Å². The molecule has 2 unspecified atom stereocenters. The molecule has 2 atom stereocenters. The molecule has 1 saturated heterocycles. The van der Waals surface area contributed by atoms with Crippen molar-refractivity contribution in [2.24, 2.45) is 4.99 Å². The number of benzene rings is 1. The van der Waals surface area contributed by atoms with Gasteiger partial charge in [0.05, 0.1) is 0 Å². The maximum atomic E-state index is 12.3. The molecule has 1 amide bonds. The molecule has 6 nitrogen and oxygen atoms in total. The van der Waals surface area contributed by atoms with E-state index in [1.54, 1.807) is 7.05 Å². The van der Waals surface area contributed by atoms with Gasteiger partial charge in [-0.25, -0.2) is 0 Å². The number of aliphatic imine (C=N–C) groups is 1. The zero-order valence-corrected chi connectivity index (χ0v) is 21.4. The maximum absolute atomic E-state index is 12.3. The van der Waals surface area contributed by atoms with Gasteiger partial charge in [-0.2, -0.15) is 0 Å². The second-order valence-corrected chi connectivity index (χ2v) is 8.07. The number of likely N-dealkylation sites (tertiary alicyclic amines) is 1. The Bertz CT molecular complexity index is 667. The highest BCUT2D eigenvalue weighted by atomic mass is 127. The van der Waals surface area contributed by atoms with E-state index in [4.69, 9.17) is 0 Å². The minimum absolute atomic E-state index is 0. The molecule has 7 heteroatoms. The lowest BCUT2D eigenvalue weighted by Gasteiger charge is -2.33. The van der Waals surface area contributed by atoms with E-state index in [0.29, 0.717) is 18.2 Å². The summed E-state index contributed by atoms with van der Waals surface area (Å²) in [5.74, 6) is 0.779. The first-order valence-electron chi connectivity index (χ1n) is 11.1. The average Bonchev–Trinajstić information content (AvgIpc) is 2.74. The summed E-state index contributed by atoms with van der Waals surface area (Å²) in [5, 5.41) is 9.76. The lowest BCUT2D eigenvalue weighted by Crippen LogP contribution is -2.41. The smallest absolute Gasteiger partial charge is 0.251 e. The summed E-state index contributed by atoms with van der Waals surface area (Å²) in [6.07, 6.45) is 6.05. The van der Waals surface area contributed by atoms with E-state index in [9.17, 15) is 4.79 Å². The van der Waals surface area contributed by atoms with Crippen LogP contribution < -0.4 is 16.0 Å². The van der Waals surface area contributed by atoms with Crippen molar-refractivity contribution >= 4 is 35.8 Å². The van der Waals surface area contributed by atoms with Gasteiger partial charge in [0.2, 0.25) is 0 Å². The van der Waals surface area contributed by atoms with Crippen LogP contribution >= 0.6 is 24.0 Å². The summed E-state index contributed by atoms with van der Waals surface area (Å²) in [7, 11) is 1.79. The molecule has 1 aliphatic heterocycles. The number of carbonyl (C=O) groups is 1. The lowest BCUT2D eigenvalue weighted by atomic mass is 10.0. The Labute approximate surface area is 199 Å². The monoisotopic (exact) mass is 529 g/mol. The largest absolute Gasteiger partial charge is 0.356 e. The van der Waals surface area contributed by atoms with Crippen LogP contribution in [0.15, 0.2) is 29.3 Å². The summed E-state index contributed by atoms with van der Waals surface area (Å²) >= 11 is 0. The predicted molar refractivity (Wildman–Crippen MR) is 137 cm³/mol. The molecule has 1 aromatic carbocycles. The van der Waals surface area contributed by atoms with Crippen LogP contribution in [0.1, 0.15) is 68.8 Å². The van der Waals surface area contributed by atoms with Crippen LogP contribution in [0.4, 0.5) is 0 Å². The van der Waals surface area contributed by atoms with Crippen LogP contribution in [0.25, 0.3) is 0 Å². The van der Waals surface area contributed by atoms with E-state index in [1.165, 1.54) is 25.8 Å². The molecule has 0 radical (unpaired) electrons. The predicted octanol–water partition coefficient (Wildman–Crippen LogP) is 3.76. The maximum Gasteiger partial charge on any atom is 0.251 e. The molecule has 1 heterocycles. The van der Waals surface area contributed by atoms with E-state index in [-0.39, 0.29) is 35.9 Å². The minimum Gasteiger partial charge on any atom is -0.356 e. The van der Waals surface area contributed by atoms with Gasteiger partial charge >= 0.3 is 0 Å². The Balaban J connectivity index is 0.00000450. The second kappa shape index (κ2) is 14.6. The minimum atomic E-state index is -0.0179. The summed E-state index contributed by atoms with van der Waals surface area (Å²) in [5.41, 5.74) is 1.76. The van der Waals surface area contributed by atoms with Crippen molar-refractivity contribution in [3.8, 4) is 0 Å². The zero-order valence-electron chi connectivity index (χ0n) is 19.0. The number of amides is 1. The van der Waals surface area contributed by atoms with Gasteiger partial charge in [0, 0.05) is 44.3 Å². The van der Waals surface area contributed by atoms with Crippen molar-refractivity contribution in [2.75, 3.05) is 26.7 Å². The Morgan fingerprint density at radius 1 is 1.30 bits per heavy atom. The Hall–Kier alpha value is -1.35. The molecule has 0 spiro atoms. The summed E-state index contributed by atoms with van der Waals surface area (Å²) in [6, 6.07) is 8.65. The summed E-state index contributed by atoms with van der Waals surface area (Å²) in [6.45, 7) is 10.3. The van der Waals surface area contributed by atoms with Crippen LogP contribution in [0.5, 0.6) is 0 Å². The Morgan fingerprint density at radius 2 is 2.10 bits per heavy atom. The fourth-order valence-electron chi connectivity index (χ4n) is 3.62. The normalized spacial score (nSPS) is 18.3. The Morgan fingerprint density at radius 3 is 2.80 bits per heavy atom. The number of hydrogen-bond donors (Lipinski definition) is 3. The molecule has 3 N–H and O–H groups in total. The van der Waals surface area contributed by atoms with Gasteiger partial charge in [-0.05, 0) is 63.8 Å². The fraction of sp³-hybridized carbons (Fsp3) is 0.652. The van der Waals surface area contributed by atoms with Crippen LogP contribution in [-0.2, 0) is 6.54 Å². The first kappa shape index (κ1) is 26.7. The van der Waals surface area contributed by atoms with E-state index in [1.807, 2.05) is 31.2 Å². The lowest BCUT2D eigenvalue weighted by molar-refractivity contribution is 0.0939. The third-order valence-electron chi connectivity index (χ3n) is 5.72.